The maximum absolute atomic E-state index is 5.86. The molecule has 0 unspecified atom stereocenters. The van der Waals surface area contributed by atoms with E-state index in [1.165, 1.54) is 32.4 Å². The minimum absolute atomic E-state index is 0.742. The average molecular weight is 198 g/mol. The summed E-state index contributed by atoms with van der Waals surface area (Å²) in [4.78, 5) is 2.63. The predicted octanol–water partition coefficient (Wildman–Crippen LogP) is 2.09. The fourth-order valence-corrected chi connectivity index (χ4v) is 2.70. The van der Waals surface area contributed by atoms with Crippen LogP contribution < -0.4 is 5.73 Å². The molecule has 84 valence electrons. The van der Waals surface area contributed by atoms with Crippen LogP contribution in [0, 0.1) is 11.8 Å². The Morgan fingerprint density at radius 3 is 2.64 bits per heavy atom. The van der Waals surface area contributed by atoms with Gasteiger partial charge in [-0.25, -0.2) is 0 Å². The topological polar surface area (TPSA) is 29.3 Å². The monoisotopic (exact) mass is 198 g/mol. The van der Waals surface area contributed by atoms with Gasteiger partial charge in [0.25, 0.3) is 0 Å². The Morgan fingerprint density at radius 1 is 1.43 bits per heavy atom. The number of nitrogens with zero attached hydrogens (tertiary/aromatic N) is 1. The molecular weight excluding hydrogens is 172 g/mol. The molecule has 1 rings (SSSR count). The van der Waals surface area contributed by atoms with E-state index in [1.807, 2.05) is 0 Å². The summed E-state index contributed by atoms with van der Waals surface area (Å²) in [5.74, 6) is 1.53. The third kappa shape index (κ3) is 2.96. The lowest BCUT2D eigenvalue weighted by molar-refractivity contribution is 0.0855. The lowest BCUT2D eigenvalue weighted by Crippen LogP contribution is -2.48. The smallest absolute Gasteiger partial charge is 0.0138 e. The molecule has 0 spiro atoms. The second-order valence-electron chi connectivity index (χ2n) is 4.96. The Kier molecular flexibility index (Phi) is 4.90. The van der Waals surface area contributed by atoms with Crippen molar-refractivity contribution >= 4 is 0 Å². The summed E-state index contributed by atoms with van der Waals surface area (Å²) in [7, 11) is 0. The standard InChI is InChI=1S/C12H26N2/c1-4-14-7-5-6-11(9-13)12(14)8-10(2)3/h10-12H,4-9,13H2,1-3H3/t11-,12-/m1/s1. The second kappa shape index (κ2) is 5.72. The fourth-order valence-electron chi connectivity index (χ4n) is 2.70. The van der Waals surface area contributed by atoms with Gasteiger partial charge >= 0.3 is 0 Å². The van der Waals surface area contributed by atoms with Crippen molar-refractivity contribution in [2.24, 2.45) is 17.6 Å². The highest BCUT2D eigenvalue weighted by Gasteiger charge is 2.29. The maximum Gasteiger partial charge on any atom is 0.0138 e. The lowest BCUT2D eigenvalue weighted by atomic mass is 9.84. The number of piperidine rings is 1. The van der Waals surface area contributed by atoms with Crippen molar-refractivity contribution in [1.29, 1.82) is 0 Å². The number of likely N-dealkylation sites (tertiary alicyclic amines) is 1. The van der Waals surface area contributed by atoms with Crippen LogP contribution in [0.2, 0.25) is 0 Å². The number of hydrogen-bond acceptors (Lipinski definition) is 2. The van der Waals surface area contributed by atoms with Crippen LogP contribution in [0.4, 0.5) is 0 Å². The molecule has 1 saturated heterocycles. The molecular formula is C12H26N2. The van der Waals surface area contributed by atoms with Crippen LogP contribution in [0.1, 0.15) is 40.0 Å². The van der Waals surface area contributed by atoms with Gasteiger partial charge < -0.3 is 10.6 Å². The van der Waals surface area contributed by atoms with Gasteiger partial charge in [0.15, 0.2) is 0 Å². The van der Waals surface area contributed by atoms with Crippen molar-refractivity contribution in [2.45, 2.75) is 46.1 Å². The van der Waals surface area contributed by atoms with Gasteiger partial charge in [-0.15, -0.1) is 0 Å². The van der Waals surface area contributed by atoms with E-state index in [1.54, 1.807) is 0 Å². The molecule has 0 aromatic rings. The van der Waals surface area contributed by atoms with Crippen molar-refractivity contribution < 1.29 is 0 Å². The van der Waals surface area contributed by atoms with E-state index in [0.717, 1.165) is 24.4 Å². The minimum atomic E-state index is 0.742. The van der Waals surface area contributed by atoms with Crippen LogP contribution >= 0.6 is 0 Å². The molecule has 0 aliphatic carbocycles. The van der Waals surface area contributed by atoms with E-state index in [9.17, 15) is 0 Å². The lowest BCUT2D eigenvalue weighted by Gasteiger charge is -2.41. The van der Waals surface area contributed by atoms with Gasteiger partial charge in [-0.3, -0.25) is 0 Å². The number of rotatable bonds is 4. The van der Waals surface area contributed by atoms with E-state index < -0.39 is 0 Å². The summed E-state index contributed by atoms with van der Waals surface area (Å²) >= 11 is 0. The van der Waals surface area contributed by atoms with E-state index in [-0.39, 0.29) is 0 Å². The summed E-state index contributed by atoms with van der Waals surface area (Å²) in [6.45, 7) is 10.2. The first-order chi connectivity index (χ1) is 6.69. The van der Waals surface area contributed by atoms with Gasteiger partial charge in [0.05, 0.1) is 0 Å². The first kappa shape index (κ1) is 12.0. The molecule has 0 bridgehead atoms. The van der Waals surface area contributed by atoms with Gasteiger partial charge in [0.2, 0.25) is 0 Å². The average Bonchev–Trinajstić information content (AvgIpc) is 2.17. The largest absolute Gasteiger partial charge is 0.330 e. The van der Waals surface area contributed by atoms with E-state index >= 15 is 0 Å². The molecule has 0 amide bonds. The van der Waals surface area contributed by atoms with Crippen LogP contribution in [-0.4, -0.2) is 30.6 Å². The molecule has 0 radical (unpaired) electrons. The Balaban J connectivity index is 2.57. The molecule has 0 aromatic heterocycles. The van der Waals surface area contributed by atoms with Crippen LogP contribution in [0.15, 0.2) is 0 Å². The first-order valence-corrected chi connectivity index (χ1v) is 6.13. The second-order valence-corrected chi connectivity index (χ2v) is 4.96. The molecule has 14 heavy (non-hydrogen) atoms. The zero-order valence-corrected chi connectivity index (χ0v) is 10.00. The molecule has 1 fully saturated rings. The Bertz CT molecular complexity index is 144. The fraction of sp³-hybridized carbons (Fsp3) is 1.00. The van der Waals surface area contributed by atoms with Crippen molar-refractivity contribution in [3.05, 3.63) is 0 Å². The van der Waals surface area contributed by atoms with Crippen LogP contribution in [0.5, 0.6) is 0 Å². The Labute approximate surface area is 88.8 Å². The molecule has 2 N–H and O–H groups in total. The molecule has 0 saturated carbocycles. The summed E-state index contributed by atoms with van der Waals surface area (Å²) in [5, 5.41) is 0. The van der Waals surface area contributed by atoms with Crippen molar-refractivity contribution in [3.8, 4) is 0 Å². The zero-order valence-electron chi connectivity index (χ0n) is 10.00. The van der Waals surface area contributed by atoms with E-state index in [4.69, 9.17) is 5.73 Å². The van der Waals surface area contributed by atoms with E-state index in [2.05, 4.69) is 25.7 Å². The molecule has 2 atom stereocenters. The summed E-state index contributed by atoms with van der Waals surface area (Å²) in [5.41, 5.74) is 5.86. The highest BCUT2D eigenvalue weighted by molar-refractivity contribution is 4.84. The van der Waals surface area contributed by atoms with Crippen LogP contribution in [-0.2, 0) is 0 Å². The number of hydrogen-bond donors (Lipinski definition) is 1. The third-order valence-corrected chi connectivity index (χ3v) is 3.46. The number of nitrogens with two attached hydrogens (primary N) is 1. The normalized spacial score (nSPS) is 29.8. The Hall–Kier alpha value is -0.0800. The molecule has 2 nitrogen and oxygen atoms in total. The summed E-state index contributed by atoms with van der Waals surface area (Å²) in [6.07, 6.45) is 3.99. The quantitative estimate of drug-likeness (QED) is 0.749. The van der Waals surface area contributed by atoms with Gasteiger partial charge in [-0.05, 0) is 50.7 Å². The van der Waals surface area contributed by atoms with Gasteiger partial charge in [-0.1, -0.05) is 20.8 Å². The SMILES string of the molecule is CCN1CCC[C@H](CN)[C@H]1CC(C)C. The van der Waals surface area contributed by atoms with Crippen molar-refractivity contribution in [2.75, 3.05) is 19.6 Å². The van der Waals surface area contributed by atoms with E-state index in [0.29, 0.717) is 0 Å². The highest BCUT2D eigenvalue weighted by atomic mass is 15.2. The molecule has 1 aliphatic heterocycles. The molecule has 1 aliphatic rings. The zero-order chi connectivity index (χ0) is 10.6. The van der Waals surface area contributed by atoms with Crippen LogP contribution in [0.3, 0.4) is 0 Å². The van der Waals surface area contributed by atoms with Crippen LogP contribution in [0.25, 0.3) is 0 Å². The highest BCUT2D eigenvalue weighted by Crippen LogP contribution is 2.27. The third-order valence-electron chi connectivity index (χ3n) is 3.46. The maximum atomic E-state index is 5.86. The molecule has 0 aromatic carbocycles. The van der Waals surface area contributed by atoms with Gasteiger partial charge in [0.1, 0.15) is 0 Å². The van der Waals surface area contributed by atoms with Crippen molar-refractivity contribution in [3.63, 3.8) is 0 Å². The molecule has 1 heterocycles. The van der Waals surface area contributed by atoms with Crippen molar-refractivity contribution in [1.82, 2.24) is 4.90 Å². The first-order valence-electron chi connectivity index (χ1n) is 6.13. The van der Waals surface area contributed by atoms with Gasteiger partial charge in [0, 0.05) is 6.04 Å². The Morgan fingerprint density at radius 2 is 2.14 bits per heavy atom. The minimum Gasteiger partial charge on any atom is -0.330 e. The van der Waals surface area contributed by atoms with Gasteiger partial charge in [-0.2, -0.15) is 0 Å². The molecule has 2 heteroatoms. The summed E-state index contributed by atoms with van der Waals surface area (Å²) in [6, 6.07) is 0.749. The summed E-state index contributed by atoms with van der Waals surface area (Å²) < 4.78 is 0. The predicted molar refractivity (Wildman–Crippen MR) is 62.3 cm³/mol.